The molecule has 7 atom stereocenters. The second kappa shape index (κ2) is 11.3. The van der Waals surface area contributed by atoms with Crippen LogP contribution in [-0.4, -0.2) is 65.4 Å². The fraction of sp³-hybridized carbons (Fsp3) is 0.714. The number of hydrogen-bond donors (Lipinski definition) is 1. The molecule has 40 heavy (non-hydrogen) atoms. The minimum atomic E-state index is -1.68. The lowest BCUT2D eigenvalue weighted by atomic mass is 9.46. The zero-order valence-electron chi connectivity index (χ0n) is 23.1. The van der Waals surface area contributed by atoms with Crippen LogP contribution in [0.2, 0.25) is 0 Å². The number of rotatable bonds is 10. The van der Waals surface area contributed by atoms with Gasteiger partial charge in [-0.2, -0.15) is 0 Å². The number of ketones is 2. The molecule has 0 bridgehead atoms. The van der Waals surface area contributed by atoms with Crippen LogP contribution < -0.4 is 0 Å². The molecule has 0 aromatic rings. The fourth-order valence-corrected chi connectivity index (χ4v) is 7.98. The molecule has 1 N–H and O–H groups in total. The van der Waals surface area contributed by atoms with E-state index in [9.17, 15) is 34.4 Å². The summed E-state index contributed by atoms with van der Waals surface area (Å²) in [5.41, 5.74) is -2.14. The van der Waals surface area contributed by atoms with Gasteiger partial charge in [0.1, 0.15) is 0 Å². The van der Waals surface area contributed by atoms with Gasteiger partial charge in [0, 0.05) is 23.2 Å². The highest BCUT2D eigenvalue weighted by Gasteiger charge is 2.70. The van der Waals surface area contributed by atoms with Gasteiger partial charge in [0.15, 0.2) is 18.0 Å². The maximum Gasteiger partial charge on any atom is 0.509 e. The van der Waals surface area contributed by atoms with Gasteiger partial charge < -0.3 is 24.2 Å². The van der Waals surface area contributed by atoms with Crippen molar-refractivity contribution in [1.82, 2.24) is 0 Å². The van der Waals surface area contributed by atoms with Crippen LogP contribution in [0, 0.1) is 38.7 Å². The lowest BCUT2D eigenvalue weighted by Crippen LogP contribution is -2.63. The van der Waals surface area contributed by atoms with Crippen molar-refractivity contribution in [1.29, 1.82) is 0 Å². The second-order valence-corrected chi connectivity index (χ2v) is 11.6. The number of ether oxygens (including phenoxy) is 3. The van der Waals surface area contributed by atoms with Gasteiger partial charge in [-0.05, 0) is 69.4 Å². The van der Waals surface area contributed by atoms with E-state index in [1.165, 1.54) is 0 Å². The monoisotopic (exact) mass is 563 g/mol. The maximum atomic E-state index is 13.8. The molecule has 3 fully saturated rings. The number of Topliss-reactive ketones (excluding diaryl/α,β-unsaturated/α-hetero) is 1. The summed E-state index contributed by atoms with van der Waals surface area (Å²) in [5, 5.41) is 20.9. The van der Waals surface area contributed by atoms with Crippen molar-refractivity contribution in [2.24, 2.45) is 28.6 Å². The van der Waals surface area contributed by atoms with Gasteiger partial charge >= 0.3 is 12.1 Å². The number of allylic oxidation sites excluding steroid dienone is 4. The van der Waals surface area contributed by atoms with Gasteiger partial charge in [0.05, 0.1) is 19.3 Å². The largest absolute Gasteiger partial charge is 0.509 e. The standard InChI is InChI=1S/C28H37NO11/c1-4-37-25(34)40-28(22(32)16-38-23(33)6-5-13-39-29(35)36)12-10-20-19-8-7-17-14-18(30)9-11-26(17,2)24(19)21(31)15-27(20,28)3/h9,11,14,19-21,24,31H,4-8,10,12-13,15-16H2,1-3H3/t19-,20-,21-,24+,26-,27-,28-/m0/s1. The van der Waals surface area contributed by atoms with Crippen LogP contribution in [0.5, 0.6) is 0 Å². The van der Waals surface area contributed by atoms with E-state index in [0.29, 0.717) is 12.8 Å². The molecule has 3 saturated carbocycles. The van der Waals surface area contributed by atoms with Gasteiger partial charge in [-0.1, -0.05) is 25.5 Å². The number of aliphatic hydroxyl groups excluding tert-OH is 1. The number of esters is 1. The van der Waals surface area contributed by atoms with Crippen LogP contribution >= 0.6 is 0 Å². The summed E-state index contributed by atoms with van der Waals surface area (Å²) in [6.45, 7) is 4.61. The Morgan fingerprint density at radius 2 is 1.95 bits per heavy atom. The van der Waals surface area contributed by atoms with E-state index in [2.05, 4.69) is 4.84 Å². The summed E-state index contributed by atoms with van der Waals surface area (Å²) >= 11 is 0. The Labute approximate surface area is 232 Å². The van der Waals surface area contributed by atoms with E-state index >= 15 is 0 Å². The molecule has 0 unspecified atom stereocenters. The average molecular weight is 564 g/mol. The molecule has 4 aliphatic carbocycles. The zero-order chi connectivity index (χ0) is 29.3. The fourth-order valence-electron chi connectivity index (χ4n) is 7.98. The molecular weight excluding hydrogens is 526 g/mol. The molecule has 0 amide bonds. The molecular formula is C28H37NO11. The van der Waals surface area contributed by atoms with E-state index in [1.54, 1.807) is 19.1 Å². The molecule has 0 radical (unpaired) electrons. The van der Waals surface area contributed by atoms with Crippen molar-refractivity contribution in [3.05, 3.63) is 33.9 Å². The van der Waals surface area contributed by atoms with E-state index in [-0.39, 0.29) is 62.4 Å². The van der Waals surface area contributed by atoms with E-state index < -0.39 is 52.1 Å². The summed E-state index contributed by atoms with van der Waals surface area (Å²) < 4.78 is 16.1. The Morgan fingerprint density at radius 1 is 1.20 bits per heavy atom. The number of carbonyl (C=O) groups is 4. The van der Waals surface area contributed by atoms with Crippen molar-refractivity contribution in [2.45, 2.75) is 77.4 Å². The highest BCUT2D eigenvalue weighted by Crippen LogP contribution is 2.68. The van der Waals surface area contributed by atoms with E-state index in [0.717, 1.165) is 12.0 Å². The van der Waals surface area contributed by atoms with Crippen molar-refractivity contribution in [3.63, 3.8) is 0 Å². The predicted octanol–water partition coefficient (Wildman–Crippen LogP) is 3.28. The quantitative estimate of drug-likeness (QED) is 0.179. The second-order valence-electron chi connectivity index (χ2n) is 11.6. The van der Waals surface area contributed by atoms with Crippen LogP contribution in [0.4, 0.5) is 4.79 Å². The predicted molar refractivity (Wildman–Crippen MR) is 137 cm³/mol. The summed E-state index contributed by atoms with van der Waals surface area (Å²) in [4.78, 5) is 65.2. The first-order valence-electron chi connectivity index (χ1n) is 13.8. The molecule has 0 aliphatic heterocycles. The first-order chi connectivity index (χ1) is 18.9. The number of hydrogen-bond acceptors (Lipinski definition) is 11. The summed E-state index contributed by atoms with van der Waals surface area (Å²) in [7, 11) is 0. The number of aliphatic hydroxyl groups is 1. The lowest BCUT2D eigenvalue weighted by molar-refractivity contribution is -0.757. The average Bonchev–Trinajstić information content (AvgIpc) is 3.17. The smallest absolute Gasteiger partial charge is 0.457 e. The zero-order valence-corrected chi connectivity index (χ0v) is 23.1. The summed E-state index contributed by atoms with van der Waals surface area (Å²) in [6.07, 6.45) is 5.40. The molecule has 0 aromatic heterocycles. The number of nitrogens with zero attached hydrogens (tertiary/aromatic N) is 1. The van der Waals surface area contributed by atoms with Crippen molar-refractivity contribution in [2.75, 3.05) is 19.8 Å². The molecule has 4 aliphatic rings. The molecule has 12 nitrogen and oxygen atoms in total. The Hall–Kier alpha value is -3.28. The maximum absolute atomic E-state index is 13.8. The molecule has 220 valence electrons. The molecule has 0 heterocycles. The van der Waals surface area contributed by atoms with Crippen LogP contribution in [0.25, 0.3) is 0 Å². The third-order valence-corrected chi connectivity index (χ3v) is 9.67. The molecule has 0 aromatic carbocycles. The van der Waals surface area contributed by atoms with Crippen molar-refractivity contribution < 1.29 is 48.4 Å². The Kier molecular flexibility index (Phi) is 8.39. The minimum Gasteiger partial charge on any atom is -0.457 e. The van der Waals surface area contributed by atoms with Gasteiger partial charge in [-0.25, -0.2) is 4.79 Å². The van der Waals surface area contributed by atoms with Crippen molar-refractivity contribution >= 4 is 23.7 Å². The first-order valence-corrected chi connectivity index (χ1v) is 13.8. The van der Waals surface area contributed by atoms with Crippen LogP contribution in [0.1, 0.15) is 65.7 Å². The van der Waals surface area contributed by atoms with Crippen LogP contribution in [0.3, 0.4) is 0 Å². The number of carbonyl (C=O) groups excluding carboxylic acids is 4. The summed E-state index contributed by atoms with van der Waals surface area (Å²) in [5.74, 6) is -1.67. The molecule has 12 heteroatoms. The third kappa shape index (κ3) is 5.13. The van der Waals surface area contributed by atoms with E-state index in [4.69, 9.17) is 14.2 Å². The molecule has 0 saturated heterocycles. The third-order valence-electron chi connectivity index (χ3n) is 9.67. The normalized spacial score (nSPS) is 35.9. The molecule has 4 rings (SSSR count). The van der Waals surface area contributed by atoms with Gasteiger partial charge in [-0.15, -0.1) is 10.1 Å². The topological polar surface area (TPSA) is 169 Å². The Balaban J connectivity index is 1.57. The Morgan fingerprint density at radius 3 is 2.65 bits per heavy atom. The minimum absolute atomic E-state index is 0.00151. The number of fused-ring (bicyclic) bond motifs is 5. The first kappa shape index (κ1) is 29.7. The van der Waals surface area contributed by atoms with Crippen molar-refractivity contribution in [3.8, 4) is 0 Å². The highest BCUT2D eigenvalue weighted by atomic mass is 16.9. The van der Waals surface area contributed by atoms with Gasteiger partial charge in [0.2, 0.25) is 5.78 Å². The van der Waals surface area contributed by atoms with Gasteiger partial charge in [-0.3, -0.25) is 14.4 Å². The summed E-state index contributed by atoms with van der Waals surface area (Å²) in [6, 6.07) is 0. The van der Waals surface area contributed by atoms with Crippen LogP contribution in [-0.2, 0) is 33.4 Å². The van der Waals surface area contributed by atoms with Crippen LogP contribution in [0.15, 0.2) is 23.8 Å². The van der Waals surface area contributed by atoms with E-state index in [1.807, 2.05) is 19.9 Å². The molecule has 0 spiro atoms. The highest BCUT2D eigenvalue weighted by molar-refractivity contribution is 6.01. The SMILES string of the molecule is CCOC(=O)O[C@]1(C(=O)COC(=O)CCCO[N+](=O)[O-])CC[C@H]2[C@@H]3CCC4=CC(=O)C=C[C@]4(C)[C@H]3[C@@H](O)C[C@@]21C. The lowest BCUT2D eigenvalue weighted by Gasteiger charge is -2.59. The Bertz CT molecular complexity index is 1130. The van der Waals surface area contributed by atoms with Gasteiger partial charge in [0.25, 0.3) is 5.09 Å².